The molecule has 0 spiro atoms. The Hall–Kier alpha value is -2.02. The Labute approximate surface area is 170 Å². The van der Waals surface area contributed by atoms with Gasteiger partial charge in [-0.3, -0.25) is 14.2 Å². The fraction of sp³-hybridized carbons (Fsp3) is 0.211. The number of benzene rings is 2. The van der Waals surface area contributed by atoms with Crippen molar-refractivity contribution >= 4 is 51.8 Å². The first-order valence-electron chi connectivity index (χ1n) is 8.37. The van der Waals surface area contributed by atoms with Gasteiger partial charge in [0.25, 0.3) is 5.56 Å². The molecule has 0 fully saturated rings. The summed E-state index contributed by atoms with van der Waals surface area (Å²) in [4.78, 5) is 29.7. The molecular formula is C19H17Cl2N3O2S. The number of halogens is 2. The van der Waals surface area contributed by atoms with Gasteiger partial charge in [0.05, 0.1) is 22.3 Å². The van der Waals surface area contributed by atoms with Crippen LogP contribution in [0.5, 0.6) is 0 Å². The van der Waals surface area contributed by atoms with Crippen molar-refractivity contribution in [1.82, 2.24) is 14.9 Å². The Morgan fingerprint density at radius 3 is 2.56 bits per heavy atom. The molecule has 0 aliphatic heterocycles. The summed E-state index contributed by atoms with van der Waals surface area (Å²) in [7, 11) is 0. The van der Waals surface area contributed by atoms with E-state index < -0.39 is 0 Å². The van der Waals surface area contributed by atoms with Crippen LogP contribution in [0.15, 0.2) is 52.4 Å². The van der Waals surface area contributed by atoms with E-state index in [1.807, 2.05) is 6.92 Å². The lowest BCUT2D eigenvalue weighted by molar-refractivity contribution is -0.118. The second kappa shape index (κ2) is 8.78. The van der Waals surface area contributed by atoms with Crippen molar-refractivity contribution in [1.29, 1.82) is 0 Å². The lowest BCUT2D eigenvalue weighted by Crippen LogP contribution is -2.27. The Kier molecular flexibility index (Phi) is 6.42. The summed E-state index contributed by atoms with van der Waals surface area (Å²) < 4.78 is 1.49. The molecule has 0 unspecified atom stereocenters. The number of hydrogen-bond acceptors (Lipinski definition) is 4. The number of hydrogen-bond donors (Lipinski definition) is 1. The van der Waals surface area contributed by atoms with Gasteiger partial charge in [-0.05, 0) is 48.9 Å². The number of thioether (sulfide) groups is 1. The van der Waals surface area contributed by atoms with Gasteiger partial charge in [0.2, 0.25) is 5.91 Å². The van der Waals surface area contributed by atoms with Crippen LogP contribution >= 0.6 is 35.0 Å². The molecule has 0 saturated carbocycles. The van der Waals surface area contributed by atoms with E-state index in [9.17, 15) is 9.59 Å². The Balaban J connectivity index is 2.08. The summed E-state index contributed by atoms with van der Waals surface area (Å²) in [6.07, 6.45) is 0.860. The minimum Gasteiger partial charge on any atom is -0.355 e. The van der Waals surface area contributed by atoms with E-state index >= 15 is 0 Å². The second-order valence-corrected chi connectivity index (χ2v) is 7.63. The first-order chi connectivity index (χ1) is 13.0. The number of rotatable bonds is 6. The van der Waals surface area contributed by atoms with E-state index in [0.717, 1.165) is 6.42 Å². The molecule has 0 radical (unpaired) electrons. The molecule has 2 aromatic carbocycles. The summed E-state index contributed by atoms with van der Waals surface area (Å²) in [5, 5.41) is 4.76. The average Bonchev–Trinajstić information content (AvgIpc) is 2.65. The largest absolute Gasteiger partial charge is 0.355 e. The highest BCUT2D eigenvalue weighted by Gasteiger charge is 2.15. The molecule has 0 saturated heterocycles. The number of fused-ring (bicyclic) bond motifs is 1. The van der Waals surface area contributed by atoms with Crippen molar-refractivity contribution in [3.8, 4) is 5.69 Å². The van der Waals surface area contributed by atoms with Crippen molar-refractivity contribution in [2.45, 2.75) is 18.5 Å². The van der Waals surface area contributed by atoms with Crippen LogP contribution in [0.1, 0.15) is 13.3 Å². The van der Waals surface area contributed by atoms with E-state index in [1.54, 1.807) is 42.5 Å². The Bertz CT molecular complexity index is 1040. The molecule has 0 aliphatic rings. The topological polar surface area (TPSA) is 64.0 Å². The maximum absolute atomic E-state index is 13.1. The molecule has 1 amide bonds. The van der Waals surface area contributed by atoms with Gasteiger partial charge >= 0.3 is 0 Å². The molecule has 3 aromatic rings. The van der Waals surface area contributed by atoms with Gasteiger partial charge in [-0.15, -0.1) is 0 Å². The van der Waals surface area contributed by atoms with Crippen molar-refractivity contribution in [3.63, 3.8) is 0 Å². The fourth-order valence-corrected chi connectivity index (χ4v) is 3.63. The molecule has 1 N–H and O–H groups in total. The lowest BCUT2D eigenvalue weighted by atomic mass is 10.2. The van der Waals surface area contributed by atoms with E-state index in [-0.39, 0.29) is 17.2 Å². The molecule has 0 bridgehead atoms. The fourth-order valence-electron chi connectivity index (χ4n) is 2.50. The predicted octanol–water partition coefficient (Wildman–Crippen LogP) is 4.31. The van der Waals surface area contributed by atoms with Crippen LogP contribution in [0, 0.1) is 0 Å². The highest BCUT2D eigenvalue weighted by atomic mass is 35.5. The molecule has 27 heavy (non-hydrogen) atoms. The molecule has 3 rings (SSSR count). The molecule has 0 atom stereocenters. The minimum atomic E-state index is -0.226. The first kappa shape index (κ1) is 19.7. The van der Waals surface area contributed by atoms with Gasteiger partial charge in [0, 0.05) is 16.6 Å². The third kappa shape index (κ3) is 4.64. The van der Waals surface area contributed by atoms with Crippen molar-refractivity contribution in [2.75, 3.05) is 12.3 Å². The quantitative estimate of drug-likeness (QED) is 0.475. The van der Waals surface area contributed by atoms with Crippen molar-refractivity contribution in [3.05, 3.63) is 62.9 Å². The van der Waals surface area contributed by atoms with Crippen LogP contribution < -0.4 is 10.9 Å². The van der Waals surface area contributed by atoms with E-state index in [2.05, 4.69) is 10.3 Å². The number of nitrogens with zero attached hydrogens (tertiary/aromatic N) is 2. The van der Waals surface area contributed by atoms with Gasteiger partial charge in [-0.1, -0.05) is 41.9 Å². The van der Waals surface area contributed by atoms with E-state index in [4.69, 9.17) is 23.2 Å². The number of aromatic nitrogens is 2. The maximum Gasteiger partial charge on any atom is 0.266 e. The second-order valence-electron chi connectivity index (χ2n) is 5.81. The van der Waals surface area contributed by atoms with Gasteiger partial charge in [0.1, 0.15) is 0 Å². The molecular weight excluding hydrogens is 405 g/mol. The number of carbonyl (C=O) groups excluding carboxylic acids is 1. The van der Waals surface area contributed by atoms with Gasteiger partial charge in [-0.2, -0.15) is 0 Å². The number of amides is 1. The summed E-state index contributed by atoms with van der Waals surface area (Å²) in [5.41, 5.74) is 0.898. The zero-order valence-corrected chi connectivity index (χ0v) is 16.9. The molecule has 5 nitrogen and oxygen atoms in total. The van der Waals surface area contributed by atoms with Crippen LogP contribution in [0.25, 0.3) is 16.6 Å². The standard InChI is InChI=1S/C19H17Cl2N3O2S/c1-2-9-22-17(25)11-27-19-23-16-10-13(21)5-8-15(16)18(26)24(19)14-6-3-12(20)4-7-14/h3-8,10H,2,9,11H2,1H3,(H,22,25). The Morgan fingerprint density at radius 2 is 1.85 bits per heavy atom. The average molecular weight is 422 g/mol. The molecule has 8 heteroatoms. The lowest BCUT2D eigenvalue weighted by Gasteiger charge is -2.13. The maximum atomic E-state index is 13.1. The normalized spacial score (nSPS) is 10.9. The van der Waals surface area contributed by atoms with E-state index in [0.29, 0.717) is 38.3 Å². The number of nitrogens with one attached hydrogen (secondary N) is 1. The number of carbonyl (C=O) groups is 1. The van der Waals surface area contributed by atoms with E-state index in [1.165, 1.54) is 16.3 Å². The van der Waals surface area contributed by atoms with Crippen LogP contribution in [0.2, 0.25) is 10.0 Å². The van der Waals surface area contributed by atoms with Crippen LogP contribution in [-0.4, -0.2) is 27.8 Å². The van der Waals surface area contributed by atoms with Crippen LogP contribution in [-0.2, 0) is 4.79 Å². The van der Waals surface area contributed by atoms with Gasteiger partial charge in [-0.25, -0.2) is 4.98 Å². The predicted molar refractivity (Wildman–Crippen MR) is 111 cm³/mol. The third-order valence-electron chi connectivity index (χ3n) is 3.79. The summed E-state index contributed by atoms with van der Waals surface area (Å²) >= 11 is 13.2. The Morgan fingerprint density at radius 1 is 1.15 bits per heavy atom. The van der Waals surface area contributed by atoms with Gasteiger partial charge in [0.15, 0.2) is 5.16 Å². The summed E-state index contributed by atoms with van der Waals surface area (Å²) in [6.45, 7) is 2.60. The first-order valence-corrected chi connectivity index (χ1v) is 10.1. The molecule has 1 heterocycles. The van der Waals surface area contributed by atoms with Gasteiger partial charge < -0.3 is 5.32 Å². The highest BCUT2D eigenvalue weighted by molar-refractivity contribution is 7.99. The molecule has 0 aliphatic carbocycles. The van der Waals surface area contributed by atoms with Crippen molar-refractivity contribution in [2.24, 2.45) is 0 Å². The zero-order valence-electron chi connectivity index (χ0n) is 14.5. The monoisotopic (exact) mass is 421 g/mol. The summed E-state index contributed by atoms with van der Waals surface area (Å²) in [6, 6.07) is 11.9. The SMILES string of the molecule is CCCNC(=O)CSc1nc2cc(Cl)ccc2c(=O)n1-c1ccc(Cl)cc1. The zero-order chi connectivity index (χ0) is 19.4. The smallest absolute Gasteiger partial charge is 0.266 e. The molecule has 1 aromatic heterocycles. The van der Waals surface area contributed by atoms with Crippen molar-refractivity contribution < 1.29 is 4.79 Å². The third-order valence-corrected chi connectivity index (χ3v) is 5.22. The molecule has 140 valence electrons. The minimum absolute atomic E-state index is 0.107. The summed E-state index contributed by atoms with van der Waals surface area (Å²) in [5.74, 6) is 0.0523. The highest BCUT2D eigenvalue weighted by Crippen LogP contribution is 2.23. The van der Waals surface area contributed by atoms with Crippen LogP contribution in [0.4, 0.5) is 0 Å². The van der Waals surface area contributed by atoms with Crippen LogP contribution in [0.3, 0.4) is 0 Å².